The maximum atomic E-state index is 2.44. The quantitative estimate of drug-likeness (QED) is 0.117. The van der Waals surface area contributed by atoms with Gasteiger partial charge in [-0.05, 0) is 45.4 Å². The van der Waals surface area contributed by atoms with Crippen LogP contribution in [0.15, 0.2) is 103 Å². The zero-order valence-corrected chi connectivity index (χ0v) is 38.7. The minimum Gasteiger partial charge on any atom is -1.00 e. The summed E-state index contributed by atoms with van der Waals surface area (Å²) < 4.78 is 0. The van der Waals surface area contributed by atoms with Crippen molar-refractivity contribution in [2.45, 2.75) is 118 Å². The van der Waals surface area contributed by atoms with Crippen LogP contribution >= 0.6 is 0 Å². The first-order chi connectivity index (χ1) is 23.5. The van der Waals surface area contributed by atoms with Crippen LogP contribution in [0.3, 0.4) is 0 Å². The van der Waals surface area contributed by atoms with E-state index in [-0.39, 0.29) is 41.1 Å². The van der Waals surface area contributed by atoms with Gasteiger partial charge in [-0.2, -0.15) is 12.1 Å². The van der Waals surface area contributed by atoms with Gasteiger partial charge in [0.2, 0.25) is 0 Å². The average molecular weight is 827 g/mol. The minimum atomic E-state index is 0. The number of benzene rings is 4. The van der Waals surface area contributed by atoms with Crippen molar-refractivity contribution in [1.29, 1.82) is 0 Å². The molecule has 0 saturated heterocycles. The van der Waals surface area contributed by atoms with Gasteiger partial charge in [-0.25, -0.2) is 0 Å². The molecule has 0 aliphatic carbocycles. The van der Waals surface area contributed by atoms with Gasteiger partial charge in [0, 0.05) is 0 Å². The van der Waals surface area contributed by atoms with E-state index in [1.54, 1.807) is 23.3 Å². The summed E-state index contributed by atoms with van der Waals surface area (Å²) in [6.45, 7) is 27.1. The Morgan fingerprint density at radius 1 is 0.654 bits per heavy atom. The Labute approximate surface area is 344 Å². The van der Waals surface area contributed by atoms with Crippen molar-refractivity contribution < 1.29 is 48.1 Å². The number of hydrogen-bond acceptors (Lipinski definition) is 0. The van der Waals surface area contributed by atoms with Gasteiger partial charge >= 0.3 is 41.9 Å². The van der Waals surface area contributed by atoms with Crippen LogP contribution < -0.4 is 24.8 Å². The summed E-state index contributed by atoms with van der Waals surface area (Å²) in [6.07, 6.45) is 3.75. The van der Waals surface area contributed by atoms with Crippen molar-refractivity contribution in [3.05, 3.63) is 131 Å². The topological polar surface area (TPSA) is 0 Å². The summed E-state index contributed by atoms with van der Waals surface area (Å²) in [4.78, 5) is 0. The predicted octanol–water partition coefficient (Wildman–Crippen LogP) is 8.75. The first-order valence-electron chi connectivity index (χ1n) is 18.6. The van der Waals surface area contributed by atoms with E-state index in [1.807, 2.05) is 0 Å². The van der Waals surface area contributed by atoms with E-state index in [9.17, 15) is 0 Å². The average Bonchev–Trinajstić information content (AvgIpc) is 3.67. The van der Waals surface area contributed by atoms with Gasteiger partial charge < -0.3 is 24.8 Å². The minimum absolute atomic E-state index is 0. The molecule has 6 aromatic rings. The van der Waals surface area contributed by atoms with Gasteiger partial charge in [0.25, 0.3) is 0 Å². The Morgan fingerprint density at radius 3 is 1.62 bits per heavy atom. The van der Waals surface area contributed by atoms with Crippen molar-refractivity contribution in [3.63, 3.8) is 0 Å². The fraction of sp³-hybridized carbons (Fsp3) is 0.375. The van der Waals surface area contributed by atoms with Crippen LogP contribution in [0.4, 0.5) is 0 Å². The Morgan fingerprint density at radius 2 is 1.15 bits per heavy atom. The van der Waals surface area contributed by atoms with Gasteiger partial charge in [0.05, 0.1) is 0 Å². The number of aryl methyl sites for hydroxylation is 2. The van der Waals surface area contributed by atoms with Gasteiger partial charge in [-0.1, -0.05) is 154 Å². The molecule has 276 valence electrons. The zero-order valence-electron chi connectivity index (χ0n) is 33.8. The van der Waals surface area contributed by atoms with E-state index < -0.39 is 0 Å². The molecule has 0 bridgehead atoms. The normalized spacial score (nSPS) is 11.8. The summed E-state index contributed by atoms with van der Waals surface area (Å²) in [5, 5.41) is 5.53. The molecule has 4 heteroatoms. The molecule has 0 saturated carbocycles. The molecular formula is C48H60Cl2SiZr-2. The van der Waals surface area contributed by atoms with Crippen LogP contribution in [-0.2, 0) is 34.2 Å². The molecule has 0 N–H and O–H groups in total. The second-order valence-corrected chi connectivity index (χ2v) is 25.8. The third-order valence-electron chi connectivity index (χ3n) is 9.75. The van der Waals surface area contributed by atoms with Crippen molar-refractivity contribution in [3.8, 4) is 22.3 Å². The molecule has 0 fully saturated rings. The third kappa shape index (κ3) is 11.9. The molecule has 0 aliphatic rings. The van der Waals surface area contributed by atoms with Crippen LogP contribution in [0.25, 0.3) is 43.8 Å². The molecule has 0 amide bonds. The van der Waals surface area contributed by atoms with E-state index >= 15 is 0 Å². The van der Waals surface area contributed by atoms with Gasteiger partial charge in [-0.3, -0.25) is 0 Å². The molecule has 6 aromatic carbocycles. The van der Waals surface area contributed by atoms with E-state index in [2.05, 4.69) is 185 Å². The summed E-state index contributed by atoms with van der Waals surface area (Å²) in [6, 6.07) is 38.8. The van der Waals surface area contributed by atoms with E-state index in [0.29, 0.717) is 5.92 Å². The summed E-state index contributed by atoms with van der Waals surface area (Å²) in [7, 11) is 0. The summed E-state index contributed by atoms with van der Waals surface area (Å²) in [5.41, 5.74) is 12.9. The molecule has 0 nitrogen and oxygen atoms in total. The number of hydrogen-bond donors (Lipinski definition) is 0. The molecule has 1 unspecified atom stereocenters. The molecular weight excluding hydrogens is 767 g/mol. The van der Waals surface area contributed by atoms with Gasteiger partial charge in [0.15, 0.2) is 0 Å². The molecule has 0 aromatic heterocycles. The molecule has 1 atom stereocenters. The third-order valence-corrected chi connectivity index (χ3v) is 9.75. The van der Waals surface area contributed by atoms with Crippen molar-refractivity contribution in [2.75, 3.05) is 0 Å². The largest absolute Gasteiger partial charge is 1.00 e. The molecule has 52 heavy (non-hydrogen) atoms. The molecule has 0 heterocycles. The van der Waals surface area contributed by atoms with Crippen molar-refractivity contribution in [2.24, 2.45) is 0 Å². The zero-order chi connectivity index (χ0) is 36.8. The first-order valence-corrected chi connectivity index (χ1v) is 24.8. The van der Waals surface area contributed by atoms with Crippen LogP contribution in [0, 0.1) is 13.8 Å². The second-order valence-electron chi connectivity index (χ2n) is 16.4. The maximum absolute atomic E-state index is 2.44. The smallest absolute Gasteiger partial charge is 0.0132 e. The monoisotopic (exact) mass is 824 g/mol. The number of halogens is 2. The standard InChI is InChI=1S/C25H31.C21H23.C2H6Si.2ClH.Zr/c1-6-9-18(7-2)21-16-20-10-8-11-23(24(20)17-21)19-12-14-22(15-13-19)25(3,4)5;1-14-12-19-15(2)6-11-18(20(19)13-14)16-7-9-17(10-8-16)21(3,4)5;1-3-2;;;/h8,10-18H,6-7,9H2,1-5H3;6-13H,1-5H3;1-2H3;2*1H;/q2*-1;;;;+2/p-2. The second kappa shape index (κ2) is 19.9. The van der Waals surface area contributed by atoms with E-state index in [1.165, 1.54) is 90.9 Å². The predicted molar refractivity (Wildman–Crippen MR) is 222 cm³/mol. The summed E-state index contributed by atoms with van der Waals surface area (Å²) in [5.74, 6) is 0.688. The number of rotatable bonds is 6. The Kier molecular flexibility index (Phi) is 17.6. The van der Waals surface area contributed by atoms with Crippen molar-refractivity contribution in [1.82, 2.24) is 0 Å². The molecule has 0 radical (unpaired) electrons. The Balaban J connectivity index is 0.000000319. The van der Waals surface area contributed by atoms with E-state index in [4.69, 9.17) is 0 Å². The van der Waals surface area contributed by atoms with Crippen molar-refractivity contribution >= 4 is 27.0 Å². The van der Waals surface area contributed by atoms with Crippen LogP contribution in [0.1, 0.15) is 108 Å². The van der Waals surface area contributed by atoms with Crippen LogP contribution in [0.5, 0.6) is 0 Å². The fourth-order valence-electron chi connectivity index (χ4n) is 6.84. The van der Waals surface area contributed by atoms with Gasteiger partial charge in [0.1, 0.15) is 0 Å². The Bertz CT molecular complexity index is 2010. The van der Waals surface area contributed by atoms with Gasteiger partial charge in [-0.15, -0.1) is 68.6 Å². The first kappa shape index (κ1) is 45.9. The SMILES string of the molecule is CCCC(CC)c1cc2c(-c3ccc(C(C)(C)C)cc3)cccc2[cH-]1.C[Si](C)=[Zr+2].Cc1cc2c(-c3ccc(C(C)(C)C)cc3)ccc(C)c2[cH-]1.[Cl-].[Cl-]. The molecule has 6 rings (SSSR count). The van der Waals surface area contributed by atoms with Crippen LogP contribution in [0.2, 0.25) is 13.1 Å². The summed E-state index contributed by atoms with van der Waals surface area (Å²) >= 11 is 1.74. The van der Waals surface area contributed by atoms with Crippen LogP contribution in [-0.4, -0.2) is 5.43 Å². The molecule has 0 aliphatic heterocycles. The maximum Gasteiger partial charge on any atom is -0.0132 e. The fourth-order valence-corrected chi connectivity index (χ4v) is 6.84. The Hall–Kier alpha value is -2.22. The number of fused-ring (bicyclic) bond motifs is 2. The van der Waals surface area contributed by atoms with E-state index in [0.717, 1.165) is 0 Å². The molecule has 0 spiro atoms.